The van der Waals surface area contributed by atoms with Crippen molar-refractivity contribution in [2.45, 2.75) is 37.3 Å². The molecule has 0 amide bonds. The summed E-state index contributed by atoms with van der Waals surface area (Å²) in [7, 11) is 1.75. The maximum atomic E-state index is 12.0. The first-order chi connectivity index (χ1) is 10.2. The first-order valence-corrected chi connectivity index (χ1v) is 7.87. The predicted molar refractivity (Wildman–Crippen MR) is 82.1 cm³/mol. The number of aliphatic carboxylic acids is 1. The van der Waals surface area contributed by atoms with E-state index < -0.39 is 11.5 Å². The van der Waals surface area contributed by atoms with E-state index in [1.807, 2.05) is 30.3 Å². The molecule has 0 radical (unpaired) electrons. The first kappa shape index (κ1) is 14.5. The number of benzene rings is 1. The minimum Gasteiger partial charge on any atom is -0.480 e. The van der Waals surface area contributed by atoms with Crippen molar-refractivity contribution in [1.82, 2.24) is 10.2 Å². The summed E-state index contributed by atoms with van der Waals surface area (Å²) < 4.78 is 0. The van der Waals surface area contributed by atoms with Gasteiger partial charge in [-0.05, 0) is 44.2 Å². The van der Waals surface area contributed by atoms with Crippen molar-refractivity contribution in [1.29, 1.82) is 0 Å². The number of likely N-dealkylation sites (N-methyl/N-ethyl adjacent to an activating group) is 1. The number of hydrogen-bond donors (Lipinski definition) is 2. The number of carboxylic acids is 1. The number of rotatable bonds is 8. The molecular formula is C17H24N2O2. The highest BCUT2D eigenvalue weighted by Crippen LogP contribution is 2.37. The predicted octanol–water partition coefficient (Wildman–Crippen LogP) is 2.06. The van der Waals surface area contributed by atoms with Crippen LogP contribution in [0.15, 0.2) is 30.3 Å². The lowest BCUT2D eigenvalue weighted by Crippen LogP contribution is -2.56. The van der Waals surface area contributed by atoms with Crippen LogP contribution >= 0.6 is 0 Å². The number of hydrogen-bond acceptors (Lipinski definition) is 3. The van der Waals surface area contributed by atoms with Crippen LogP contribution in [0, 0.1) is 5.92 Å². The molecule has 2 aliphatic rings. The van der Waals surface area contributed by atoms with Crippen LogP contribution in [0.2, 0.25) is 0 Å². The van der Waals surface area contributed by atoms with Gasteiger partial charge >= 0.3 is 5.97 Å². The minimum absolute atomic E-state index is 0.546. The minimum atomic E-state index is -1.02. The Hall–Kier alpha value is -1.39. The van der Waals surface area contributed by atoms with Gasteiger partial charge in [0.2, 0.25) is 0 Å². The van der Waals surface area contributed by atoms with Crippen molar-refractivity contribution in [3.05, 3.63) is 35.9 Å². The topological polar surface area (TPSA) is 52.6 Å². The van der Waals surface area contributed by atoms with E-state index in [4.69, 9.17) is 0 Å². The monoisotopic (exact) mass is 288 g/mol. The van der Waals surface area contributed by atoms with Crippen LogP contribution in [0.25, 0.3) is 0 Å². The van der Waals surface area contributed by atoms with Gasteiger partial charge < -0.3 is 10.4 Å². The molecule has 4 heteroatoms. The van der Waals surface area contributed by atoms with Crippen molar-refractivity contribution in [2.75, 3.05) is 20.1 Å². The van der Waals surface area contributed by atoms with Crippen LogP contribution in [0.3, 0.4) is 0 Å². The van der Waals surface area contributed by atoms with E-state index in [0.29, 0.717) is 12.6 Å². The molecule has 3 rings (SSSR count). The highest BCUT2D eigenvalue weighted by Gasteiger charge is 2.44. The van der Waals surface area contributed by atoms with Crippen molar-refractivity contribution in [3.8, 4) is 0 Å². The molecule has 21 heavy (non-hydrogen) atoms. The van der Waals surface area contributed by atoms with Crippen LogP contribution in [0.1, 0.15) is 31.2 Å². The molecule has 2 N–H and O–H groups in total. The molecule has 0 spiro atoms. The average molecular weight is 288 g/mol. The molecule has 1 atom stereocenters. The summed E-state index contributed by atoms with van der Waals surface area (Å²) in [5.41, 5.74) is -0.180. The van der Waals surface area contributed by atoms with Crippen molar-refractivity contribution < 1.29 is 9.90 Å². The fourth-order valence-electron chi connectivity index (χ4n) is 3.05. The average Bonchev–Trinajstić information content (AvgIpc) is 3.38. The van der Waals surface area contributed by atoms with Crippen molar-refractivity contribution in [2.24, 2.45) is 5.92 Å². The molecule has 0 bridgehead atoms. The molecule has 2 fully saturated rings. The largest absolute Gasteiger partial charge is 0.480 e. The smallest absolute Gasteiger partial charge is 0.329 e. The standard InChI is InChI=1S/C17H24N2O2/c1-18-17(16(20)21,14-5-3-2-4-6-14)12-19(15-9-10-15)11-13-7-8-13/h2-6,13,15,18H,7-12H2,1H3,(H,20,21). The Morgan fingerprint density at radius 3 is 2.43 bits per heavy atom. The Kier molecular flexibility index (Phi) is 4.00. The fourth-order valence-corrected chi connectivity index (χ4v) is 3.05. The Morgan fingerprint density at radius 1 is 1.29 bits per heavy atom. The third-order valence-electron chi connectivity index (χ3n) is 4.75. The highest BCUT2D eigenvalue weighted by molar-refractivity contribution is 5.81. The SMILES string of the molecule is CNC(CN(CC1CC1)C1CC1)(C(=O)O)c1ccccc1. The molecule has 1 aromatic rings. The van der Waals surface area contributed by atoms with Crippen LogP contribution in [-0.4, -0.2) is 42.2 Å². The Balaban J connectivity index is 1.85. The molecule has 1 aromatic carbocycles. The molecule has 0 aliphatic heterocycles. The van der Waals surface area contributed by atoms with E-state index in [1.165, 1.54) is 25.7 Å². The van der Waals surface area contributed by atoms with Gasteiger partial charge in [-0.25, -0.2) is 4.79 Å². The maximum Gasteiger partial charge on any atom is 0.329 e. The van der Waals surface area contributed by atoms with Gasteiger partial charge in [0.15, 0.2) is 5.54 Å². The van der Waals surface area contributed by atoms with Gasteiger partial charge in [-0.15, -0.1) is 0 Å². The second-order valence-electron chi connectivity index (χ2n) is 6.43. The third-order valence-corrected chi connectivity index (χ3v) is 4.75. The number of carbonyl (C=O) groups is 1. The zero-order valence-electron chi connectivity index (χ0n) is 12.6. The lowest BCUT2D eigenvalue weighted by Gasteiger charge is -2.35. The molecule has 114 valence electrons. The maximum absolute atomic E-state index is 12.0. The Bertz CT molecular complexity index is 497. The zero-order chi connectivity index (χ0) is 14.9. The summed E-state index contributed by atoms with van der Waals surface area (Å²) >= 11 is 0. The van der Waals surface area contributed by atoms with Crippen LogP contribution in [0.4, 0.5) is 0 Å². The summed E-state index contributed by atoms with van der Waals surface area (Å²) in [6.45, 7) is 1.60. The van der Waals surface area contributed by atoms with Gasteiger partial charge in [-0.2, -0.15) is 0 Å². The van der Waals surface area contributed by atoms with E-state index in [1.54, 1.807) is 7.05 Å². The third kappa shape index (κ3) is 3.11. The summed E-state index contributed by atoms with van der Waals surface area (Å²) in [5, 5.41) is 13.0. The quantitative estimate of drug-likeness (QED) is 0.769. The zero-order valence-corrected chi connectivity index (χ0v) is 12.6. The Labute approximate surface area is 126 Å². The molecule has 4 nitrogen and oxygen atoms in total. The van der Waals surface area contributed by atoms with Crippen LogP contribution < -0.4 is 5.32 Å². The van der Waals surface area contributed by atoms with Crippen LogP contribution in [0.5, 0.6) is 0 Å². The van der Waals surface area contributed by atoms with Crippen molar-refractivity contribution in [3.63, 3.8) is 0 Å². The number of nitrogens with zero attached hydrogens (tertiary/aromatic N) is 1. The molecule has 2 aliphatic carbocycles. The molecule has 0 saturated heterocycles. The van der Waals surface area contributed by atoms with Crippen LogP contribution in [-0.2, 0) is 10.3 Å². The number of nitrogens with one attached hydrogen (secondary N) is 1. The van der Waals surface area contributed by atoms with Gasteiger partial charge in [-0.1, -0.05) is 30.3 Å². The van der Waals surface area contributed by atoms with E-state index in [-0.39, 0.29) is 0 Å². The molecular weight excluding hydrogens is 264 g/mol. The van der Waals surface area contributed by atoms with Gasteiger partial charge in [0.25, 0.3) is 0 Å². The summed E-state index contributed by atoms with van der Waals surface area (Å²) in [6.07, 6.45) is 5.02. The van der Waals surface area contributed by atoms with E-state index in [0.717, 1.165) is 18.0 Å². The molecule has 1 unspecified atom stereocenters. The Morgan fingerprint density at radius 2 is 1.95 bits per heavy atom. The molecule has 0 heterocycles. The second kappa shape index (κ2) is 5.78. The van der Waals surface area contributed by atoms with E-state index in [2.05, 4.69) is 10.2 Å². The summed E-state index contributed by atoms with van der Waals surface area (Å²) in [5.74, 6) is -0.0117. The van der Waals surface area contributed by atoms with Gasteiger partial charge in [0.05, 0.1) is 0 Å². The van der Waals surface area contributed by atoms with Gasteiger partial charge in [-0.3, -0.25) is 4.90 Å². The number of carboxylic acid groups (broad SMARTS) is 1. The molecule has 0 aromatic heterocycles. The lowest BCUT2D eigenvalue weighted by molar-refractivity contribution is -0.146. The second-order valence-corrected chi connectivity index (χ2v) is 6.43. The van der Waals surface area contributed by atoms with Crippen molar-refractivity contribution >= 4 is 5.97 Å². The highest BCUT2D eigenvalue weighted by atomic mass is 16.4. The molecule has 2 saturated carbocycles. The van der Waals surface area contributed by atoms with E-state index >= 15 is 0 Å². The fraction of sp³-hybridized carbons (Fsp3) is 0.588. The van der Waals surface area contributed by atoms with Gasteiger partial charge in [0, 0.05) is 19.1 Å². The summed E-state index contributed by atoms with van der Waals surface area (Å²) in [6, 6.07) is 10.1. The van der Waals surface area contributed by atoms with Gasteiger partial charge in [0.1, 0.15) is 0 Å². The first-order valence-electron chi connectivity index (χ1n) is 7.87. The summed E-state index contributed by atoms with van der Waals surface area (Å²) in [4.78, 5) is 14.4. The normalized spacial score (nSPS) is 21.2. The van der Waals surface area contributed by atoms with E-state index in [9.17, 15) is 9.90 Å². The lowest BCUT2D eigenvalue weighted by atomic mass is 9.89.